The van der Waals surface area contributed by atoms with Gasteiger partial charge in [-0.15, -0.1) is 6.58 Å². The molecule has 5 aromatic carbocycles. The van der Waals surface area contributed by atoms with Crippen LogP contribution in [-0.4, -0.2) is 10.6 Å². The molecule has 284 valence electrons. The second-order valence-corrected chi connectivity index (χ2v) is 18.4. The maximum atomic E-state index is 4.25. The highest BCUT2D eigenvalue weighted by Crippen LogP contribution is 2.54. The third-order valence-corrected chi connectivity index (χ3v) is 13.4. The normalized spacial score (nSPS) is 19.3. The van der Waals surface area contributed by atoms with E-state index in [4.69, 9.17) is 0 Å². The summed E-state index contributed by atoms with van der Waals surface area (Å²) in [6.07, 6.45) is 20.8. The molecule has 2 nitrogen and oxygen atoms in total. The number of allylic oxidation sites excluding steroid dienone is 5. The molecule has 0 fully saturated rings. The van der Waals surface area contributed by atoms with E-state index in [0.29, 0.717) is 17.9 Å². The SMILES string of the molecule is C=CC(CCC)c1ccc2c(c1)c1cc(C(C)(C)C)ccc1n2-c1cc2c(c3ccccc13)-c1ccc(N(C3=CCCC=C3)C3CC=CCC3C)cc1C2(C)C. The third-order valence-electron chi connectivity index (χ3n) is 13.4. The van der Waals surface area contributed by atoms with Crippen molar-refractivity contribution in [3.63, 3.8) is 0 Å². The van der Waals surface area contributed by atoms with Crippen LogP contribution in [0.3, 0.4) is 0 Å². The molecule has 3 unspecified atom stereocenters. The van der Waals surface area contributed by atoms with E-state index in [1.807, 2.05) is 0 Å². The van der Waals surface area contributed by atoms with Crippen molar-refractivity contribution < 1.29 is 0 Å². The van der Waals surface area contributed by atoms with Crippen LogP contribution >= 0.6 is 0 Å². The Hall–Kier alpha value is -5.08. The Labute approximate surface area is 334 Å². The van der Waals surface area contributed by atoms with Crippen LogP contribution in [0.2, 0.25) is 0 Å². The van der Waals surface area contributed by atoms with Crippen molar-refractivity contribution in [1.82, 2.24) is 4.57 Å². The Morgan fingerprint density at radius 3 is 2.29 bits per heavy atom. The Kier molecular flexibility index (Phi) is 9.03. The van der Waals surface area contributed by atoms with E-state index in [2.05, 4.69) is 186 Å². The molecule has 0 spiro atoms. The van der Waals surface area contributed by atoms with Gasteiger partial charge in [-0.3, -0.25) is 0 Å². The molecular formula is C54H58N2. The number of hydrogen-bond acceptors (Lipinski definition) is 1. The average Bonchev–Trinajstić information content (AvgIpc) is 3.64. The topological polar surface area (TPSA) is 8.17 Å². The van der Waals surface area contributed by atoms with Gasteiger partial charge in [0.15, 0.2) is 0 Å². The maximum absolute atomic E-state index is 4.25. The van der Waals surface area contributed by atoms with Gasteiger partial charge >= 0.3 is 0 Å². The van der Waals surface area contributed by atoms with Crippen LogP contribution < -0.4 is 4.90 Å². The van der Waals surface area contributed by atoms with Crippen molar-refractivity contribution in [3.8, 4) is 16.8 Å². The molecule has 0 saturated carbocycles. The minimum atomic E-state index is -0.192. The minimum absolute atomic E-state index is 0.0477. The first-order valence-corrected chi connectivity index (χ1v) is 21.2. The van der Waals surface area contributed by atoms with Gasteiger partial charge in [0.1, 0.15) is 0 Å². The maximum Gasteiger partial charge on any atom is 0.0544 e. The number of nitrogens with zero attached hydrogens (tertiary/aromatic N) is 2. The molecule has 0 N–H and O–H groups in total. The summed E-state index contributed by atoms with van der Waals surface area (Å²) in [4.78, 5) is 2.67. The molecule has 3 aliphatic rings. The number of rotatable bonds is 8. The second kappa shape index (κ2) is 13.8. The summed E-state index contributed by atoms with van der Waals surface area (Å²) in [5.41, 5.74) is 14.6. The summed E-state index contributed by atoms with van der Waals surface area (Å²) in [7, 11) is 0. The van der Waals surface area contributed by atoms with Gasteiger partial charge in [0.2, 0.25) is 0 Å². The van der Waals surface area contributed by atoms with Crippen molar-refractivity contribution in [2.45, 2.75) is 110 Å². The lowest BCUT2D eigenvalue weighted by molar-refractivity contribution is 0.432. The molecular weight excluding hydrogens is 677 g/mol. The van der Waals surface area contributed by atoms with Crippen LogP contribution in [0.25, 0.3) is 49.4 Å². The quantitative estimate of drug-likeness (QED) is 0.141. The van der Waals surface area contributed by atoms with E-state index in [1.54, 1.807) is 0 Å². The van der Waals surface area contributed by atoms with Gasteiger partial charge in [0.25, 0.3) is 0 Å². The molecule has 1 heterocycles. The zero-order chi connectivity index (χ0) is 38.9. The number of aromatic nitrogens is 1. The van der Waals surface area contributed by atoms with Crippen molar-refractivity contribution in [3.05, 3.63) is 156 Å². The first kappa shape index (κ1) is 36.6. The van der Waals surface area contributed by atoms with Crippen LogP contribution in [-0.2, 0) is 10.8 Å². The summed E-state index contributed by atoms with van der Waals surface area (Å²) in [6, 6.07) is 33.9. The van der Waals surface area contributed by atoms with Gasteiger partial charge in [-0.25, -0.2) is 0 Å². The minimum Gasteiger partial charge on any atom is -0.338 e. The number of benzene rings is 5. The Bertz CT molecular complexity index is 2610. The molecule has 0 bridgehead atoms. The monoisotopic (exact) mass is 734 g/mol. The van der Waals surface area contributed by atoms with Crippen molar-refractivity contribution in [1.29, 1.82) is 0 Å². The lowest BCUT2D eigenvalue weighted by Crippen LogP contribution is -2.40. The number of hydrogen-bond donors (Lipinski definition) is 0. The van der Waals surface area contributed by atoms with Gasteiger partial charge in [0.05, 0.1) is 16.7 Å². The van der Waals surface area contributed by atoms with Crippen LogP contribution in [0.5, 0.6) is 0 Å². The van der Waals surface area contributed by atoms with E-state index >= 15 is 0 Å². The van der Waals surface area contributed by atoms with E-state index in [9.17, 15) is 0 Å². The van der Waals surface area contributed by atoms with Crippen molar-refractivity contribution in [2.75, 3.05) is 4.90 Å². The molecule has 9 rings (SSSR count). The number of fused-ring (bicyclic) bond motifs is 8. The average molecular weight is 735 g/mol. The Balaban J connectivity index is 1.26. The summed E-state index contributed by atoms with van der Waals surface area (Å²) < 4.78 is 2.57. The highest BCUT2D eigenvalue weighted by atomic mass is 15.2. The third kappa shape index (κ3) is 5.82. The lowest BCUT2D eigenvalue weighted by Gasteiger charge is -2.40. The fourth-order valence-corrected chi connectivity index (χ4v) is 10.2. The molecule has 3 aliphatic carbocycles. The lowest BCUT2D eigenvalue weighted by atomic mass is 9.81. The predicted molar refractivity (Wildman–Crippen MR) is 243 cm³/mol. The van der Waals surface area contributed by atoms with E-state index in [1.165, 1.54) is 83.0 Å². The molecule has 1 aromatic heterocycles. The molecule has 0 amide bonds. The molecule has 6 aromatic rings. The van der Waals surface area contributed by atoms with Gasteiger partial charge in [-0.1, -0.05) is 128 Å². The van der Waals surface area contributed by atoms with E-state index in [0.717, 1.165) is 38.5 Å². The molecule has 0 saturated heterocycles. The van der Waals surface area contributed by atoms with E-state index in [-0.39, 0.29) is 10.8 Å². The zero-order valence-corrected chi connectivity index (χ0v) is 34.6. The highest BCUT2D eigenvalue weighted by molar-refractivity contribution is 6.13. The first-order valence-electron chi connectivity index (χ1n) is 21.2. The molecule has 2 heteroatoms. The van der Waals surface area contributed by atoms with Crippen molar-refractivity contribution in [2.24, 2.45) is 5.92 Å². The van der Waals surface area contributed by atoms with Crippen LogP contribution in [0, 0.1) is 5.92 Å². The standard InChI is InChI=1S/C54H58N2/c1-9-18-36(10-2)37-25-29-49-44(31-37)45-32-38(53(4,5)6)26-30-50(45)56(49)51-34-47-52(42-23-16-15-22-41(42)51)43-28-27-40(33-46(43)54(47,7)8)55(39-20-12-11-13-21-39)48-24-17-14-19-35(48)3/h10,12,14-17,20-23,25-36,48H,2,9,11,13,18-19,24H2,1,3-8H3. The van der Waals surface area contributed by atoms with Crippen molar-refractivity contribution >= 4 is 38.3 Å². The fraction of sp³-hybridized carbons (Fsp3) is 0.333. The zero-order valence-electron chi connectivity index (χ0n) is 34.6. The summed E-state index contributed by atoms with van der Waals surface area (Å²) in [5, 5.41) is 5.26. The smallest absolute Gasteiger partial charge is 0.0544 e. The second-order valence-electron chi connectivity index (χ2n) is 18.4. The molecule has 0 radical (unpaired) electrons. The van der Waals surface area contributed by atoms with Crippen LogP contribution in [0.4, 0.5) is 5.69 Å². The fourth-order valence-electron chi connectivity index (χ4n) is 10.2. The van der Waals surface area contributed by atoms with Gasteiger partial charge in [0, 0.05) is 44.9 Å². The molecule has 56 heavy (non-hydrogen) atoms. The highest BCUT2D eigenvalue weighted by Gasteiger charge is 2.39. The summed E-state index contributed by atoms with van der Waals surface area (Å²) in [5.74, 6) is 0.926. The molecule has 3 atom stereocenters. The number of anilines is 1. The Morgan fingerprint density at radius 1 is 0.821 bits per heavy atom. The van der Waals surface area contributed by atoms with Gasteiger partial charge in [-0.2, -0.15) is 0 Å². The van der Waals surface area contributed by atoms with E-state index < -0.39 is 0 Å². The summed E-state index contributed by atoms with van der Waals surface area (Å²) >= 11 is 0. The molecule has 0 aliphatic heterocycles. The van der Waals surface area contributed by atoms with Gasteiger partial charge in [-0.05, 0) is 131 Å². The van der Waals surface area contributed by atoms with Crippen LogP contribution in [0.15, 0.2) is 134 Å². The predicted octanol–water partition coefficient (Wildman–Crippen LogP) is 15.0. The Morgan fingerprint density at radius 2 is 1.57 bits per heavy atom. The first-order chi connectivity index (χ1) is 27.0. The largest absolute Gasteiger partial charge is 0.338 e. The van der Waals surface area contributed by atoms with Gasteiger partial charge < -0.3 is 9.47 Å². The van der Waals surface area contributed by atoms with Crippen LogP contribution in [0.1, 0.15) is 115 Å². The summed E-state index contributed by atoms with van der Waals surface area (Å²) in [6.45, 7) is 20.8.